The summed E-state index contributed by atoms with van der Waals surface area (Å²) in [6.07, 6.45) is 5.00. The number of carbonyl (C=O) groups is 1. The fourth-order valence-corrected chi connectivity index (χ4v) is 2.88. The van der Waals surface area contributed by atoms with Gasteiger partial charge in [-0.15, -0.1) is 0 Å². The van der Waals surface area contributed by atoms with E-state index in [9.17, 15) is 4.79 Å². The summed E-state index contributed by atoms with van der Waals surface area (Å²) in [7, 11) is 0. The highest BCUT2D eigenvalue weighted by Crippen LogP contribution is 2.34. The average Bonchev–Trinajstić information content (AvgIpc) is 2.68. The van der Waals surface area contributed by atoms with Crippen LogP contribution in [0.15, 0.2) is 18.2 Å². The minimum Gasteiger partial charge on any atom is -0.490 e. The third-order valence-corrected chi connectivity index (χ3v) is 4.17. The molecule has 1 aliphatic heterocycles. The van der Waals surface area contributed by atoms with E-state index < -0.39 is 6.04 Å². The number of rotatable bonds is 2. The van der Waals surface area contributed by atoms with E-state index in [4.69, 9.17) is 10.5 Å². The zero-order valence-corrected chi connectivity index (χ0v) is 11.2. The standard InChI is InChI=1S/C15H20N2O2/c1-9-2-4-10(5-3-9)19-11-6-7-12-13(8-11)17-15(18)14(12)16/h6-10,14H,2-5,16H2,1H3,(H,17,18). The molecule has 2 aliphatic rings. The normalized spacial score (nSPS) is 29.8. The van der Waals surface area contributed by atoms with E-state index in [2.05, 4.69) is 12.2 Å². The summed E-state index contributed by atoms with van der Waals surface area (Å²) in [6, 6.07) is 5.15. The van der Waals surface area contributed by atoms with E-state index in [1.807, 2.05) is 18.2 Å². The van der Waals surface area contributed by atoms with Crippen LogP contribution in [0.2, 0.25) is 0 Å². The molecular formula is C15H20N2O2. The van der Waals surface area contributed by atoms with Crippen molar-refractivity contribution in [3.63, 3.8) is 0 Å². The Morgan fingerprint density at radius 1 is 1.26 bits per heavy atom. The number of carbonyl (C=O) groups excluding carboxylic acids is 1. The van der Waals surface area contributed by atoms with Crippen molar-refractivity contribution in [2.24, 2.45) is 11.7 Å². The molecule has 0 aromatic heterocycles. The number of anilines is 1. The van der Waals surface area contributed by atoms with Crippen molar-refractivity contribution >= 4 is 11.6 Å². The number of amides is 1. The highest BCUT2D eigenvalue weighted by Gasteiger charge is 2.27. The summed E-state index contributed by atoms with van der Waals surface area (Å²) < 4.78 is 6.01. The Kier molecular flexibility index (Phi) is 3.19. The largest absolute Gasteiger partial charge is 0.490 e. The van der Waals surface area contributed by atoms with E-state index in [1.165, 1.54) is 12.8 Å². The van der Waals surface area contributed by atoms with Gasteiger partial charge in [0.25, 0.3) is 0 Å². The van der Waals surface area contributed by atoms with Crippen molar-refractivity contribution < 1.29 is 9.53 Å². The first kappa shape index (κ1) is 12.5. The molecule has 1 aliphatic carbocycles. The molecule has 19 heavy (non-hydrogen) atoms. The van der Waals surface area contributed by atoms with Crippen LogP contribution in [0.25, 0.3) is 0 Å². The van der Waals surface area contributed by atoms with E-state index >= 15 is 0 Å². The van der Waals surface area contributed by atoms with E-state index in [0.717, 1.165) is 35.8 Å². The van der Waals surface area contributed by atoms with Gasteiger partial charge in [-0.25, -0.2) is 0 Å². The van der Waals surface area contributed by atoms with Gasteiger partial charge in [0.15, 0.2) is 0 Å². The number of benzene rings is 1. The van der Waals surface area contributed by atoms with Gasteiger partial charge in [0, 0.05) is 17.3 Å². The second-order valence-electron chi connectivity index (χ2n) is 5.72. The Labute approximate surface area is 113 Å². The fourth-order valence-electron chi connectivity index (χ4n) is 2.88. The summed E-state index contributed by atoms with van der Waals surface area (Å²) in [5, 5.41) is 2.79. The molecule has 1 amide bonds. The molecule has 1 aromatic carbocycles. The third-order valence-electron chi connectivity index (χ3n) is 4.17. The highest BCUT2D eigenvalue weighted by atomic mass is 16.5. The number of hydrogen-bond acceptors (Lipinski definition) is 3. The van der Waals surface area contributed by atoms with Crippen LogP contribution in [0.4, 0.5) is 5.69 Å². The van der Waals surface area contributed by atoms with Crippen molar-refractivity contribution in [1.82, 2.24) is 0 Å². The van der Waals surface area contributed by atoms with Crippen LogP contribution in [0.1, 0.15) is 44.2 Å². The quantitative estimate of drug-likeness (QED) is 0.859. The smallest absolute Gasteiger partial charge is 0.245 e. The maximum Gasteiger partial charge on any atom is 0.245 e. The second-order valence-corrected chi connectivity index (χ2v) is 5.72. The molecule has 1 saturated carbocycles. The summed E-state index contributed by atoms with van der Waals surface area (Å²) in [5.74, 6) is 1.50. The number of nitrogens with two attached hydrogens (primary N) is 1. The molecule has 0 radical (unpaired) electrons. The molecule has 1 aromatic rings. The van der Waals surface area contributed by atoms with Crippen LogP contribution in [-0.2, 0) is 4.79 Å². The minimum atomic E-state index is -0.542. The molecule has 1 fully saturated rings. The molecule has 1 unspecified atom stereocenters. The first-order chi connectivity index (χ1) is 9.13. The average molecular weight is 260 g/mol. The Bertz CT molecular complexity index is 493. The Hall–Kier alpha value is -1.55. The molecular weight excluding hydrogens is 240 g/mol. The van der Waals surface area contributed by atoms with Crippen LogP contribution < -0.4 is 15.8 Å². The fraction of sp³-hybridized carbons (Fsp3) is 0.533. The molecule has 4 nitrogen and oxygen atoms in total. The van der Waals surface area contributed by atoms with Crippen LogP contribution in [0.5, 0.6) is 5.75 Å². The Morgan fingerprint density at radius 2 is 2.00 bits per heavy atom. The van der Waals surface area contributed by atoms with Crippen LogP contribution >= 0.6 is 0 Å². The van der Waals surface area contributed by atoms with E-state index in [-0.39, 0.29) is 5.91 Å². The maximum absolute atomic E-state index is 11.5. The van der Waals surface area contributed by atoms with Gasteiger partial charge < -0.3 is 15.8 Å². The van der Waals surface area contributed by atoms with Gasteiger partial charge in [-0.05, 0) is 37.7 Å². The molecule has 1 atom stereocenters. The van der Waals surface area contributed by atoms with Gasteiger partial charge in [0.05, 0.1) is 6.10 Å². The zero-order valence-electron chi connectivity index (χ0n) is 11.2. The summed E-state index contributed by atoms with van der Waals surface area (Å²) in [4.78, 5) is 11.5. The lowest BCUT2D eigenvalue weighted by Crippen LogP contribution is -2.23. The van der Waals surface area contributed by atoms with E-state index in [1.54, 1.807) is 0 Å². The molecule has 0 bridgehead atoms. The Morgan fingerprint density at radius 3 is 2.74 bits per heavy atom. The topological polar surface area (TPSA) is 64.3 Å². The molecule has 1 heterocycles. The van der Waals surface area contributed by atoms with E-state index in [0.29, 0.717) is 6.10 Å². The predicted molar refractivity (Wildman–Crippen MR) is 74.0 cm³/mol. The van der Waals surface area contributed by atoms with Crippen molar-refractivity contribution in [3.05, 3.63) is 23.8 Å². The lowest BCUT2D eigenvalue weighted by Gasteiger charge is -2.27. The lowest BCUT2D eigenvalue weighted by molar-refractivity contribution is -0.116. The van der Waals surface area contributed by atoms with Crippen LogP contribution in [0, 0.1) is 5.92 Å². The summed E-state index contributed by atoms with van der Waals surface area (Å²) in [5.41, 5.74) is 7.43. The minimum absolute atomic E-state index is 0.140. The number of fused-ring (bicyclic) bond motifs is 1. The van der Waals surface area contributed by atoms with Crippen LogP contribution in [-0.4, -0.2) is 12.0 Å². The predicted octanol–water partition coefficient (Wildman–Crippen LogP) is 2.60. The van der Waals surface area contributed by atoms with Gasteiger partial charge in [0.1, 0.15) is 11.8 Å². The SMILES string of the molecule is CC1CCC(Oc2ccc3c(c2)NC(=O)C3N)CC1. The lowest BCUT2D eigenvalue weighted by atomic mass is 9.89. The molecule has 3 N–H and O–H groups in total. The van der Waals surface area contributed by atoms with Gasteiger partial charge in [0.2, 0.25) is 5.91 Å². The van der Waals surface area contributed by atoms with Gasteiger partial charge in [-0.1, -0.05) is 13.0 Å². The van der Waals surface area contributed by atoms with Gasteiger partial charge >= 0.3 is 0 Å². The molecule has 102 valence electrons. The number of hydrogen-bond donors (Lipinski definition) is 2. The first-order valence-electron chi connectivity index (χ1n) is 7.00. The Balaban J connectivity index is 1.70. The number of nitrogens with one attached hydrogen (secondary N) is 1. The van der Waals surface area contributed by atoms with Crippen LogP contribution in [0.3, 0.4) is 0 Å². The van der Waals surface area contributed by atoms with Crippen molar-refractivity contribution in [2.75, 3.05) is 5.32 Å². The molecule has 3 rings (SSSR count). The summed E-state index contributed by atoms with van der Waals surface area (Å²) in [6.45, 7) is 2.29. The first-order valence-corrected chi connectivity index (χ1v) is 7.00. The number of ether oxygens (including phenoxy) is 1. The van der Waals surface area contributed by atoms with Gasteiger partial charge in [-0.3, -0.25) is 4.79 Å². The highest BCUT2D eigenvalue weighted by molar-refractivity contribution is 6.02. The molecule has 0 spiro atoms. The molecule has 4 heteroatoms. The molecule has 0 saturated heterocycles. The van der Waals surface area contributed by atoms with Crippen molar-refractivity contribution in [1.29, 1.82) is 0 Å². The van der Waals surface area contributed by atoms with Crippen molar-refractivity contribution in [2.45, 2.75) is 44.8 Å². The van der Waals surface area contributed by atoms with Crippen molar-refractivity contribution in [3.8, 4) is 5.75 Å². The maximum atomic E-state index is 11.5. The summed E-state index contributed by atoms with van der Waals surface area (Å²) >= 11 is 0. The zero-order chi connectivity index (χ0) is 13.4. The van der Waals surface area contributed by atoms with Gasteiger partial charge in [-0.2, -0.15) is 0 Å². The third kappa shape index (κ3) is 2.45. The second kappa shape index (κ2) is 4.85. The monoisotopic (exact) mass is 260 g/mol.